The van der Waals surface area contributed by atoms with Crippen molar-refractivity contribution in [2.75, 3.05) is 26.2 Å². The van der Waals surface area contributed by atoms with E-state index in [-0.39, 0.29) is 0 Å². The van der Waals surface area contributed by atoms with E-state index < -0.39 is 5.76 Å². The zero-order valence-electron chi connectivity index (χ0n) is 16.3. The SMILES string of the molecule is O=c1[nH]c2ccc(C3CN=C(CN4CCC(Cc5ccccc5)CC4)S3)cc2o1. The molecule has 0 aliphatic carbocycles. The maximum absolute atomic E-state index is 11.4. The van der Waals surface area contributed by atoms with Crippen LogP contribution in [-0.4, -0.2) is 41.1 Å². The molecule has 1 aromatic heterocycles. The van der Waals surface area contributed by atoms with E-state index in [9.17, 15) is 4.79 Å². The van der Waals surface area contributed by atoms with E-state index in [2.05, 4.69) is 46.3 Å². The summed E-state index contributed by atoms with van der Waals surface area (Å²) in [4.78, 5) is 21.4. The number of piperidine rings is 1. The van der Waals surface area contributed by atoms with Gasteiger partial charge >= 0.3 is 5.76 Å². The van der Waals surface area contributed by atoms with Crippen LogP contribution in [-0.2, 0) is 6.42 Å². The first-order valence-electron chi connectivity index (χ1n) is 10.3. The number of nitrogens with zero attached hydrogens (tertiary/aromatic N) is 2. The molecule has 0 amide bonds. The maximum atomic E-state index is 11.4. The molecule has 6 heteroatoms. The average Bonchev–Trinajstić information content (AvgIpc) is 3.35. The second kappa shape index (κ2) is 8.20. The molecule has 0 bridgehead atoms. The summed E-state index contributed by atoms with van der Waals surface area (Å²) in [5.41, 5.74) is 4.01. The van der Waals surface area contributed by atoms with Crippen LogP contribution in [0.4, 0.5) is 0 Å². The number of aromatic nitrogens is 1. The molecule has 1 fully saturated rings. The van der Waals surface area contributed by atoms with Gasteiger partial charge in [-0.25, -0.2) is 4.79 Å². The highest BCUT2D eigenvalue weighted by molar-refractivity contribution is 8.14. The summed E-state index contributed by atoms with van der Waals surface area (Å²) < 4.78 is 5.20. The molecule has 1 N–H and O–H groups in total. The molecule has 29 heavy (non-hydrogen) atoms. The third-order valence-electron chi connectivity index (χ3n) is 5.96. The molecule has 0 radical (unpaired) electrons. The van der Waals surface area contributed by atoms with Gasteiger partial charge < -0.3 is 4.42 Å². The van der Waals surface area contributed by atoms with Crippen molar-refractivity contribution in [1.82, 2.24) is 9.88 Å². The van der Waals surface area contributed by atoms with Crippen molar-refractivity contribution in [3.63, 3.8) is 0 Å². The number of hydrogen-bond donors (Lipinski definition) is 1. The van der Waals surface area contributed by atoms with E-state index >= 15 is 0 Å². The number of aliphatic imine (C=N–C) groups is 1. The van der Waals surface area contributed by atoms with Gasteiger partial charge in [-0.1, -0.05) is 48.2 Å². The highest BCUT2D eigenvalue weighted by atomic mass is 32.2. The predicted molar refractivity (Wildman–Crippen MR) is 119 cm³/mol. The molecule has 2 aromatic carbocycles. The summed E-state index contributed by atoms with van der Waals surface area (Å²) in [6, 6.07) is 16.8. The fourth-order valence-corrected chi connectivity index (χ4v) is 5.50. The second-order valence-electron chi connectivity index (χ2n) is 8.02. The van der Waals surface area contributed by atoms with E-state index in [4.69, 9.17) is 9.41 Å². The van der Waals surface area contributed by atoms with Gasteiger partial charge in [0.1, 0.15) is 0 Å². The van der Waals surface area contributed by atoms with Crippen molar-refractivity contribution >= 4 is 27.9 Å². The molecule has 1 atom stereocenters. The fraction of sp³-hybridized carbons (Fsp3) is 0.391. The number of nitrogens with one attached hydrogen (secondary N) is 1. The lowest BCUT2D eigenvalue weighted by Crippen LogP contribution is -2.37. The number of benzene rings is 2. The Bertz CT molecular complexity index is 1060. The van der Waals surface area contributed by atoms with Gasteiger partial charge in [-0.2, -0.15) is 0 Å². The lowest BCUT2D eigenvalue weighted by Gasteiger charge is -2.31. The van der Waals surface area contributed by atoms with Gasteiger partial charge in [0.15, 0.2) is 5.58 Å². The van der Waals surface area contributed by atoms with Crippen LogP contribution in [0.2, 0.25) is 0 Å². The van der Waals surface area contributed by atoms with Crippen molar-refractivity contribution < 1.29 is 4.42 Å². The summed E-state index contributed by atoms with van der Waals surface area (Å²) in [7, 11) is 0. The van der Waals surface area contributed by atoms with Crippen LogP contribution in [0.25, 0.3) is 11.1 Å². The Labute approximate surface area is 174 Å². The summed E-state index contributed by atoms with van der Waals surface area (Å²) in [5.74, 6) is 0.395. The molecule has 150 valence electrons. The quantitative estimate of drug-likeness (QED) is 0.686. The van der Waals surface area contributed by atoms with E-state index in [1.165, 1.54) is 35.4 Å². The van der Waals surface area contributed by atoms with Crippen LogP contribution in [0.15, 0.2) is 62.7 Å². The third kappa shape index (κ3) is 4.33. The molecule has 5 rings (SSSR count). The number of likely N-dealkylation sites (tertiary alicyclic amines) is 1. The van der Waals surface area contributed by atoms with Gasteiger partial charge in [-0.3, -0.25) is 14.9 Å². The molecule has 3 aromatic rings. The largest absolute Gasteiger partial charge is 0.417 e. The summed E-state index contributed by atoms with van der Waals surface area (Å²) in [6.07, 6.45) is 3.73. The molecular weight excluding hydrogens is 382 g/mol. The molecule has 2 aliphatic heterocycles. The first-order chi connectivity index (χ1) is 14.2. The minimum atomic E-state index is -0.399. The normalized spacial score (nSPS) is 21.0. The van der Waals surface area contributed by atoms with Crippen LogP contribution < -0.4 is 5.76 Å². The van der Waals surface area contributed by atoms with E-state index in [0.29, 0.717) is 10.8 Å². The number of aromatic amines is 1. The Morgan fingerprint density at radius 2 is 1.97 bits per heavy atom. The summed E-state index contributed by atoms with van der Waals surface area (Å²) in [6.45, 7) is 4.07. The van der Waals surface area contributed by atoms with Crippen LogP contribution in [0.3, 0.4) is 0 Å². The molecule has 1 unspecified atom stereocenters. The van der Waals surface area contributed by atoms with Gasteiger partial charge in [0.25, 0.3) is 0 Å². The van der Waals surface area contributed by atoms with Gasteiger partial charge in [0, 0.05) is 6.54 Å². The number of fused-ring (bicyclic) bond motifs is 1. The van der Waals surface area contributed by atoms with Crippen molar-refractivity contribution in [1.29, 1.82) is 0 Å². The van der Waals surface area contributed by atoms with Gasteiger partial charge in [0.2, 0.25) is 0 Å². The Morgan fingerprint density at radius 3 is 2.79 bits per heavy atom. The number of hydrogen-bond acceptors (Lipinski definition) is 5. The average molecular weight is 408 g/mol. The zero-order chi connectivity index (χ0) is 19.6. The van der Waals surface area contributed by atoms with Gasteiger partial charge in [-0.05, 0) is 61.5 Å². The zero-order valence-corrected chi connectivity index (χ0v) is 17.2. The number of H-pyrrole nitrogens is 1. The lowest BCUT2D eigenvalue weighted by atomic mass is 9.90. The molecule has 3 heterocycles. The molecule has 5 nitrogen and oxygen atoms in total. The Kier molecular flexibility index (Phi) is 5.29. The summed E-state index contributed by atoms with van der Waals surface area (Å²) in [5, 5.41) is 1.54. The van der Waals surface area contributed by atoms with Gasteiger partial charge in [-0.15, -0.1) is 0 Å². The van der Waals surface area contributed by atoms with Crippen LogP contribution in [0, 0.1) is 5.92 Å². The topological polar surface area (TPSA) is 61.6 Å². The van der Waals surface area contributed by atoms with Crippen LogP contribution in [0.5, 0.6) is 0 Å². The van der Waals surface area contributed by atoms with Crippen molar-refractivity contribution in [2.45, 2.75) is 24.5 Å². The number of thioether (sulfide) groups is 1. The fourth-order valence-electron chi connectivity index (χ4n) is 4.33. The highest BCUT2D eigenvalue weighted by Crippen LogP contribution is 2.36. The third-order valence-corrected chi connectivity index (χ3v) is 7.20. The lowest BCUT2D eigenvalue weighted by molar-refractivity contribution is 0.206. The highest BCUT2D eigenvalue weighted by Gasteiger charge is 2.25. The first kappa shape index (κ1) is 18.7. The number of oxazole rings is 1. The molecule has 1 saturated heterocycles. The van der Waals surface area contributed by atoms with Crippen LogP contribution >= 0.6 is 11.8 Å². The van der Waals surface area contributed by atoms with E-state index in [1.54, 1.807) is 0 Å². The van der Waals surface area contributed by atoms with Crippen molar-refractivity contribution in [2.24, 2.45) is 10.9 Å². The summed E-state index contributed by atoms with van der Waals surface area (Å²) >= 11 is 1.85. The monoisotopic (exact) mass is 407 g/mol. The maximum Gasteiger partial charge on any atom is 0.417 e. The minimum absolute atomic E-state index is 0.310. The van der Waals surface area contributed by atoms with Crippen LogP contribution in [0.1, 0.15) is 29.2 Å². The minimum Gasteiger partial charge on any atom is -0.408 e. The Hall–Kier alpha value is -2.31. The van der Waals surface area contributed by atoms with Gasteiger partial charge in [0.05, 0.1) is 22.4 Å². The smallest absolute Gasteiger partial charge is 0.408 e. The van der Waals surface area contributed by atoms with Crippen molar-refractivity contribution in [3.05, 3.63) is 70.2 Å². The predicted octanol–water partition coefficient (Wildman–Crippen LogP) is 4.26. The van der Waals surface area contributed by atoms with E-state index in [0.717, 1.165) is 37.6 Å². The second-order valence-corrected chi connectivity index (χ2v) is 9.30. The first-order valence-corrected chi connectivity index (χ1v) is 11.2. The molecule has 2 aliphatic rings. The van der Waals surface area contributed by atoms with E-state index in [1.807, 2.05) is 23.9 Å². The Morgan fingerprint density at radius 1 is 1.14 bits per heavy atom. The standard InChI is InChI=1S/C23H25N3O2S/c27-23-25-19-7-6-18(13-20(19)28-23)21-14-24-22(29-21)15-26-10-8-17(9-11-26)12-16-4-2-1-3-5-16/h1-7,13,17,21H,8-12,14-15H2,(H,25,27). The molecular formula is C23H25N3O2S. The van der Waals surface area contributed by atoms with Crippen molar-refractivity contribution in [3.8, 4) is 0 Å². The Balaban J connectivity index is 1.13. The molecule has 0 saturated carbocycles. The molecule has 0 spiro atoms. The number of rotatable bonds is 5.